The molecule has 1 aromatic rings. The number of nitrogens with one attached hydrogen (secondary N) is 1. The Bertz CT molecular complexity index is 370. The van der Waals surface area contributed by atoms with E-state index in [1.54, 1.807) is 7.05 Å². The first-order valence-electron chi connectivity index (χ1n) is 4.30. The molecule has 15 heavy (non-hydrogen) atoms. The second kappa shape index (κ2) is 5.09. The van der Waals surface area contributed by atoms with Crippen LogP contribution < -0.4 is 5.32 Å². The predicted molar refractivity (Wildman–Crippen MR) is 55.2 cm³/mol. The minimum absolute atomic E-state index is 0.216. The first-order chi connectivity index (χ1) is 7.10. The molecule has 3 nitrogen and oxygen atoms in total. The Morgan fingerprint density at radius 2 is 2.27 bits per heavy atom. The Morgan fingerprint density at radius 3 is 2.73 bits per heavy atom. The van der Waals surface area contributed by atoms with Gasteiger partial charge in [-0.15, -0.1) is 0 Å². The average Bonchev–Trinajstić information content (AvgIpc) is 2.21. The normalized spacial score (nSPS) is 12.3. The van der Waals surface area contributed by atoms with Gasteiger partial charge in [0.05, 0.1) is 7.11 Å². The lowest BCUT2D eigenvalue weighted by molar-refractivity contribution is -0.143. The van der Waals surface area contributed by atoms with E-state index in [0.29, 0.717) is 0 Å². The van der Waals surface area contributed by atoms with Crippen molar-refractivity contribution in [2.24, 2.45) is 0 Å². The number of ether oxygens (including phenoxy) is 1. The van der Waals surface area contributed by atoms with Gasteiger partial charge in [-0.2, -0.15) is 0 Å². The van der Waals surface area contributed by atoms with Gasteiger partial charge < -0.3 is 10.1 Å². The van der Waals surface area contributed by atoms with E-state index >= 15 is 0 Å². The largest absolute Gasteiger partial charge is 0.468 e. The van der Waals surface area contributed by atoms with Crippen molar-refractivity contribution in [2.75, 3.05) is 14.2 Å². The van der Waals surface area contributed by atoms with E-state index in [4.69, 9.17) is 11.6 Å². The Balaban J connectivity index is 3.07. The van der Waals surface area contributed by atoms with Gasteiger partial charge >= 0.3 is 5.97 Å². The summed E-state index contributed by atoms with van der Waals surface area (Å²) in [6.07, 6.45) is 0. The molecule has 5 heteroatoms. The third-order valence-electron chi connectivity index (χ3n) is 2.00. The second-order valence-electron chi connectivity index (χ2n) is 2.91. The summed E-state index contributed by atoms with van der Waals surface area (Å²) in [5, 5.41) is 2.96. The van der Waals surface area contributed by atoms with E-state index in [2.05, 4.69) is 10.1 Å². The van der Waals surface area contributed by atoms with Gasteiger partial charge in [-0.05, 0) is 19.2 Å². The summed E-state index contributed by atoms with van der Waals surface area (Å²) in [4.78, 5) is 11.3. The SMILES string of the molecule is CNC(C(=O)OC)c1ccc(Cl)cc1F. The van der Waals surface area contributed by atoms with E-state index in [9.17, 15) is 9.18 Å². The Morgan fingerprint density at radius 1 is 1.60 bits per heavy atom. The topological polar surface area (TPSA) is 38.3 Å². The van der Waals surface area contributed by atoms with Crippen molar-refractivity contribution >= 4 is 17.6 Å². The van der Waals surface area contributed by atoms with Crippen LogP contribution in [0.5, 0.6) is 0 Å². The van der Waals surface area contributed by atoms with Crippen molar-refractivity contribution < 1.29 is 13.9 Å². The van der Waals surface area contributed by atoms with Crippen molar-refractivity contribution in [2.45, 2.75) is 6.04 Å². The Hall–Kier alpha value is -1.13. The van der Waals surface area contributed by atoms with Crippen LogP contribution in [0.1, 0.15) is 11.6 Å². The third-order valence-corrected chi connectivity index (χ3v) is 2.23. The van der Waals surface area contributed by atoms with Gasteiger partial charge in [0.1, 0.15) is 11.9 Å². The van der Waals surface area contributed by atoms with Crippen LogP contribution >= 0.6 is 11.6 Å². The summed E-state index contributed by atoms with van der Waals surface area (Å²) in [7, 11) is 2.80. The molecule has 0 saturated carbocycles. The van der Waals surface area contributed by atoms with Crippen LogP contribution in [0.3, 0.4) is 0 Å². The number of benzene rings is 1. The molecule has 0 saturated heterocycles. The number of halogens is 2. The van der Waals surface area contributed by atoms with Gasteiger partial charge in [-0.25, -0.2) is 9.18 Å². The van der Waals surface area contributed by atoms with E-state index in [1.807, 2.05) is 0 Å². The molecule has 0 spiro atoms. The lowest BCUT2D eigenvalue weighted by atomic mass is 10.1. The smallest absolute Gasteiger partial charge is 0.327 e. The minimum Gasteiger partial charge on any atom is -0.468 e. The molecule has 0 fully saturated rings. The number of hydrogen-bond donors (Lipinski definition) is 1. The number of hydrogen-bond acceptors (Lipinski definition) is 3. The van der Waals surface area contributed by atoms with Gasteiger partial charge in [0.2, 0.25) is 0 Å². The summed E-state index contributed by atoms with van der Waals surface area (Å²) in [6, 6.07) is 3.32. The van der Waals surface area contributed by atoms with Gasteiger partial charge in [0.15, 0.2) is 0 Å². The molecule has 1 atom stereocenters. The quantitative estimate of drug-likeness (QED) is 0.808. The molecule has 1 unspecified atom stereocenters. The summed E-state index contributed by atoms with van der Waals surface area (Å²) in [6.45, 7) is 0. The van der Waals surface area contributed by atoms with Crippen LogP contribution in [0.4, 0.5) is 4.39 Å². The maximum atomic E-state index is 13.5. The maximum absolute atomic E-state index is 13.5. The van der Waals surface area contributed by atoms with Crippen molar-refractivity contribution in [3.8, 4) is 0 Å². The highest BCUT2D eigenvalue weighted by Crippen LogP contribution is 2.21. The lowest BCUT2D eigenvalue weighted by Crippen LogP contribution is -2.27. The van der Waals surface area contributed by atoms with Crippen molar-refractivity contribution in [3.05, 3.63) is 34.6 Å². The van der Waals surface area contributed by atoms with Crippen LogP contribution in [0.2, 0.25) is 5.02 Å². The van der Waals surface area contributed by atoms with Crippen molar-refractivity contribution in [1.82, 2.24) is 5.32 Å². The van der Waals surface area contributed by atoms with Crippen LogP contribution in [0.25, 0.3) is 0 Å². The van der Waals surface area contributed by atoms with E-state index in [0.717, 1.165) is 6.07 Å². The molecule has 0 amide bonds. The highest BCUT2D eigenvalue weighted by atomic mass is 35.5. The monoisotopic (exact) mass is 231 g/mol. The fourth-order valence-corrected chi connectivity index (χ4v) is 1.41. The van der Waals surface area contributed by atoms with E-state index in [-0.39, 0.29) is 10.6 Å². The first kappa shape index (κ1) is 11.9. The summed E-state index contributed by atoms with van der Waals surface area (Å²) < 4.78 is 18.0. The molecule has 0 heterocycles. The molecule has 0 aromatic heterocycles. The molecule has 0 aliphatic carbocycles. The summed E-state index contributed by atoms with van der Waals surface area (Å²) >= 11 is 5.60. The standard InChI is InChI=1S/C10H11ClFNO2/c1-13-9(10(14)15-2)7-4-3-6(11)5-8(7)12/h3-5,9,13H,1-2H3. The van der Waals surface area contributed by atoms with Crippen LogP contribution in [0, 0.1) is 5.82 Å². The van der Waals surface area contributed by atoms with Gasteiger partial charge in [-0.3, -0.25) is 0 Å². The number of esters is 1. The maximum Gasteiger partial charge on any atom is 0.327 e. The molecule has 82 valence electrons. The summed E-state index contributed by atoms with van der Waals surface area (Å²) in [5.41, 5.74) is 0.216. The number of carbonyl (C=O) groups is 1. The Kier molecular flexibility index (Phi) is 4.05. The lowest BCUT2D eigenvalue weighted by Gasteiger charge is -2.14. The molecule has 0 radical (unpaired) electrons. The number of methoxy groups -OCH3 is 1. The Labute approximate surface area is 92.2 Å². The van der Waals surface area contributed by atoms with Gasteiger partial charge in [-0.1, -0.05) is 17.7 Å². The fourth-order valence-electron chi connectivity index (χ4n) is 1.25. The zero-order valence-electron chi connectivity index (χ0n) is 8.38. The van der Waals surface area contributed by atoms with E-state index < -0.39 is 17.8 Å². The molecule has 0 bridgehead atoms. The van der Waals surface area contributed by atoms with E-state index in [1.165, 1.54) is 19.2 Å². The average molecular weight is 232 g/mol. The second-order valence-corrected chi connectivity index (χ2v) is 3.35. The van der Waals surface area contributed by atoms with Crippen molar-refractivity contribution in [3.63, 3.8) is 0 Å². The zero-order chi connectivity index (χ0) is 11.4. The molecule has 0 aliphatic heterocycles. The van der Waals surface area contributed by atoms with Crippen molar-refractivity contribution in [1.29, 1.82) is 0 Å². The predicted octanol–water partition coefficient (Wildman–Crippen LogP) is 1.91. The summed E-state index contributed by atoms with van der Waals surface area (Å²) in [5.74, 6) is -1.08. The van der Waals surface area contributed by atoms with Gasteiger partial charge in [0.25, 0.3) is 0 Å². The molecule has 1 N–H and O–H groups in total. The molecule has 1 rings (SSSR count). The minimum atomic E-state index is -0.813. The van der Waals surface area contributed by atoms with Crippen LogP contribution in [-0.2, 0) is 9.53 Å². The first-order valence-corrected chi connectivity index (χ1v) is 4.68. The molecular formula is C10H11ClFNO2. The zero-order valence-corrected chi connectivity index (χ0v) is 9.14. The number of likely N-dealkylation sites (N-methyl/N-ethyl adjacent to an activating group) is 1. The number of carbonyl (C=O) groups excluding carboxylic acids is 1. The van der Waals surface area contributed by atoms with Gasteiger partial charge in [0, 0.05) is 10.6 Å². The third kappa shape index (κ3) is 2.67. The highest BCUT2D eigenvalue weighted by molar-refractivity contribution is 6.30. The highest BCUT2D eigenvalue weighted by Gasteiger charge is 2.22. The van der Waals surface area contributed by atoms with Crippen LogP contribution in [-0.4, -0.2) is 20.1 Å². The molecular weight excluding hydrogens is 221 g/mol. The fraction of sp³-hybridized carbons (Fsp3) is 0.300. The number of rotatable bonds is 3. The van der Waals surface area contributed by atoms with Crippen LogP contribution in [0.15, 0.2) is 18.2 Å². The molecule has 1 aromatic carbocycles. The molecule has 0 aliphatic rings.